The monoisotopic (exact) mass is 462 g/mol. The lowest BCUT2D eigenvalue weighted by Gasteiger charge is -2.18. The van der Waals surface area contributed by atoms with E-state index in [1.165, 1.54) is 35.0 Å². The van der Waals surface area contributed by atoms with Gasteiger partial charge in [0.2, 0.25) is 0 Å². The van der Waals surface area contributed by atoms with Crippen LogP contribution in [0, 0.1) is 6.92 Å². The van der Waals surface area contributed by atoms with Crippen LogP contribution in [0.15, 0.2) is 53.9 Å². The van der Waals surface area contributed by atoms with E-state index in [1.54, 1.807) is 4.90 Å². The van der Waals surface area contributed by atoms with Gasteiger partial charge in [0, 0.05) is 18.5 Å². The zero-order valence-electron chi connectivity index (χ0n) is 17.8. The second-order valence-electron chi connectivity index (χ2n) is 7.99. The number of ketones is 1. The zero-order valence-corrected chi connectivity index (χ0v) is 19.5. The van der Waals surface area contributed by atoms with E-state index in [2.05, 4.69) is 17.1 Å². The molecule has 162 valence electrons. The number of carbonyl (C=O) groups excluding carboxylic acids is 2. The second kappa shape index (κ2) is 8.48. The van der Waals surface area contributed by atoms with Gasteiger partial charge in [0.05, 0.1) is 15.4 Å². The minimum absolute atomic E-state index is 0.0151. The van der Waals surface area contributed by atoms with Gasteiger partial charge in [-0.2, -0.15) is 0 Å². The van der Waals surface area contributed by atoms with Crippen molar-refractivity contribution in [1.29, 1.82) is 0 Å². The molecule has 0 atom stereocenters. The summed E-state index contributed by atoms with van der Waals surface area (Å²) >= 11 is 2.73. The lowest BCUT2D eigenvalue weighted by atomic mass is 10.1. The molecular weight excluding hydrogens is 440 g/mol. The third kappa shape index (κ3) is 4.18. The molecule has 1 aliphatic carbocycles. The molecule has 0 unspecified atom stereocenters. The number of nitrogens with zero attached hydrogens (tertiary/aromatic N) is 2. The van der Waals surface area contributed by atoms with Gasteiger partial charge in [-0.05, 0) is 54.1 Å². The van der Waals surface area contributed by atoms with Crippen LogP contribution in [0.3, 0.4) is 0 Å². The fourth-order valence-electron chi connectivity index (χ4n) is 3.66. The highest BCUT2D eigenvalue weighted by Crippen LogP contribution is 2.37. The second-order valence-corrected chi connectivity index (χ2v) is 9.88. The van der Waals surface area contributed by atoms with Crippen molar-refractivity contribution in [3.05, 3.63) is 74.9 Å². The molecule has 0 aliphatic heterocycles. The molecule has 32 heavy (non-hydrogen) atoms. The van der Waals surface area contributed by atoms with E-state index >= 15 is 0 Å². The first-order valence-electron chi connectivity index (χ1n) is 10.5. The van der Waals surface area contributed by atoms with E-state index < -0.39 is 0 Å². The van der Waals surface area contributed by atoms with Crippen LogP contribution in [-0.2, 0) is 6.61 Å². The van der Waals surface area contributed by atoms with Crippen molar-refractivity contribution in [2.75, 3.05) is 4.90 Å². The SMILES string of the molecule is CC(=O)c1sc(N(C(=O)c2cc(COc3ccc4ccccc4c3)cs2)C2CC2)nc1C. The first kappa shape index (κ1) is 20.8. The molecular formula is C25H22N2O3S2. The van der Waals surface area contributed by atoms with Gasteiger partial charge < -0.3 is 4.74 Å². The summed E-state index contributed by atoms with van der Waals surface area (Å²) in [7, 11) is 0. The Balaban J connectivity index is 1.31. The number of hydrogen-bond donors (Lipinski definition) is 0. The molecule has 0 N–H and O–H groups in total. The Morgan fingerprint density at radius 3 is 2.62 bits per heavy atom. The number of fused-ring (bicyclic) bond motifs is 1. The number of aromatic nitrogens is 1. The first-order chi connectivity index (χ1) is 15.5. The van der Waals surface area contributed by atoms with Gasteiger partial charge in [0.15, 0.2) is 10.9 Å². The minimum atomic E-state index is -0.0571. The molecule has 4 aromatic rings. The summed E-state index contributed by atoms with van der Waals surface area (Å²) in [5.41, 5.74) is 1.65. The number of amides is 1. The first-order valence-corrected chi connectivity index (χ1v) is 12.2. The number of rotatable bonds is 7. The maximum atomic E-state index is 13.3. The lowest BCUT2D eigenvalue weighted by molar-refractivity contribution is 0.0986. The van der Waals surface area contributed by atoms with E-state index in [4.69, 9.17) is 4.74 Å². The standard InChI is InChI=1S/C25H22N2O3S2/c1-15-23(16(2)28)32-25(26-15)27(20-8-9-20)24(29)22-11-17(14-31-22)13-30-21-10-7-18-5-3-4-6-19(18)12-21/h3-7,10-12,14,20H,8-9,13H2,1-2H3. The maximum absolute atomic E-state index is 13.3. The maximum Gasteiger partial charge on any atom is 0.270 e. The zero-order chi connectivity index (χ0) is 22.2. The van der Waals surface area contributed by atoms with Gasteiger partial charge in [-0.25, -0.2) is 4.98 Å². The number of Topliss-reactive ketones (excluding diaryl/α,β-unsaturated/α-hetero) is 1. The molecule has 5 rings (SSSR count). The molecule has 1 fully saturated rings. The number of carbonyl (C=O) groups is 2. The fraction of sp³-hybridized carbons (Fsp3) is 0.240. The van der Waals surface area contributed by atoms with Crippen molar-refractivity contribution in [1.82, 2.24) is 4.98 Å². The molecule has 1 saturated carbocycles. The van der Waals surface area contributed by atoms with Gasteiger partial charge in [-0.3, -0.25) is 14.5 Å². The summed E-state index contributed by atoms with van der Waals surface area (Å²) in [6, 6.07) is 16.3. The van der Waals surface area contributed by atoms with E-state index in [0.29, 0.717) is 27.2 Å². The topological polar surface area (TPSA) is 59.5 Å². The van der Waals surface area contributed by atoms with Crippen molar-refractivity contribution >= 4 is 50.3 Å². The van der Waals surface area contributed by atoms with Gasteiger partial charge in [-0.15, -0.1) is 11.3 Å². The molecule has 1 aliphatic rings. The number of benzene rings is 2. The van der Waals surface area contributed by atoms with Crippen LogP contribution >= 0.6 is 22.7 Å². The number of thiazole rings is 1. The van der Waals surface area contributed by atoms with Crippen molar-refractivity contribution < 1.29 is 14.3 Å². The molecule has 2 aromatic carbocycles. The molecule has 2 heterocycles. The molecule has 5 nitrogen and oxygen atoms in total. The van der Waals surface area contributed by atoms with Crippen molar-refractivity contribution in [2.24, 2.45) is 0 Å². The number of hydrogen-bond acceptors (Lipinski definition) is 6. The van der Waals surface area contributed by atoms with Crippen LogP contribution in [0.1, 0.15) is 50.4 Å². The molecule has 0 spiro atoms. The van der Waals surface area contributed by atoms with Crippen LogP contribution in [0.5, 0.6) is 5.75 Å². The van der Waals surface area contributed by atoms with Crippen molar-refractivity contribution in [3.8, 4) is 5.75 Å². The van der Waals surface area contributed by atoms with E-state index in [9.17, 15) is 9.59 Å². The number of ether oxygens (including phenoxy) is 1. The number of thiophene rings is 1. The van der Waals surface area contributed by atoms with Crippen LogP contribution in [-0.4, -0.2) is 22.7 Å². The predicted molar refractivity (Wildman–Crippen MR) is 129 cm³/mol. The highest BCUT2D eigenvalue weighted by Gasteiger charge is 2.37. The molecule has 0 bridgehead atoms. The number of anilines is 1. The van der Waals surface area contributed by atoms with E-state index in [1.807, 2.05) is 48.7 Å². The Morgan fingerprint density at radius 2 is 1.91 bits per heavy atom. The largest absolute Gasteiger partial charge is 0.489 e. The van der Waals surface area contributed by atoms with Crippen LogP contribution in [0.2, 0.25) is 0 Å². The van der Waals surface area contributed by atoms with Gasteiger partial charge >= 0.3 is 0 Å². The Morgan fingerprint density at radius 1 is 1.12 bits per heavy atom. The van der Waals surface area contributed by atoms with Crippen LogP contribution < -0.4 is 9.64 Å². The molecule has 0 saturated heterocycles. The van der Waals surface area contributed by atoms with Gasteiger partial charge in [0.1, 0.15) is 12.4 Å². The minimum Gasteiger partial charge on any atom is -0.489 e. The highest BCUT2D eigenvalue weighted by atomic mass is 32.1. The van der Waals surface area contributed by atoms with Gasteiger partial charge in [-0.1, -0.05) is 41.7 Å². The molecule has 7 heteroatoms. The summed E-state index contributed by atoms with van der Waals surface area (Å²) in [6.07, 6.45) is 1.92. The third-order valence-electron chi connectivity index (χ3n) is 5.43. The van der Waals surface area contributed by atoms with Crippen LogP contribution in [0.4, 0.5) is 5.13 Å². The quantitative estimate of drug-likeness (QED) is 0.304. The fourth-order valence-corrected chi connectivity index (χ4v) is 5.53. The van der Waals surface area contributed by atoms with Crippen molar-refractivity contribution in [2.45, 2.75) is 39.3 Å². The van der Waals surface area contributed by atoms with E-state index in [-0.39, 0.29) is 17.7 Å². The molecule has 0 radical (unpaired) electrons. The Kier molecular flexibility index (Phi) is 5.53. The Bertz CT molecular complexity index is 1320. The lowest BCUT2D eigenvalue weighted by Crippen LogP contribution is -2.32. The smallest absolute Gasteiger partial charge is 0.270 e. The predicted octanol–water partition coefficient (Wildman–Crippen LogP) is 6.26. The molecule has 2 aromatic heterocycles. The van der Waals surface area contributed by atoms with Crippen molar-refractivity contribution in [3.63, 3.8) is 0 Å². The summed E-state index contributed by atoms with van der Waals surface area (Å²) < 4.78 is 5.98. The summed E-state index contributed by atoms with van der Waals surface area (Å²) in [5, 5.41) is 4.89. The summed E-state index contributed by atoms with van der Waals surface area (Å²) in [6.45, 7) is 3.75. The van der Waals surface area contributed by atoms with Gasteiger partial charge in [0.25, 0.3) is 5.91 Å². The Hall–Kier alpha value is -3.03. The number of aryl methyl sites for hydroxylation is 1. The summed E-state index contributed by atoms with van der Waals surface area (Å²) in [5.74, 6) is 0.731. The highest BCUT2D eigenvalue weighted by molar-refractivity contribution is 7.18. The average molecular weight is 463 g/mol. The third-order valence-corrected chi connectivity index (χ3v) is 7.66. The Labute approximate surface area is 194 Å². The summed E-state index contributed by atoms with van der Waals surface area (Å²) in [4.78, 5) is 32.8. The normalized spacial score (nSPS) is 13.3. The molecule has 1 amide bonds. The average Bonchev–Trinajstić information content (AvgIpc) is 3.36. The van der Waals surface area contributed by atoms with Crippen LogP contribution in [0.25, 0.3) is 10.8 Å². The van der Waals surface area contributed by atoms with E-state index in [0.717, 1.165) is 29.5 Å².